The summed E-state index contributed by atoms with van der Waals surface area (Å²) in [4.78, 5) is 17.8. The molecule has 1 aromatic rings. The van der Waals surface area contributed by atoms with Crippen LogP contribution in [0.15, 0.2) is 12.3 Å². The van der Waals surface area contributed by atoms with Gasteiger partial charge in [-0.05, 0) is 18.5 Å². The summed E-state index contributed by atoms with van der Waals surface area (Å²) in [5.74, 6) is 6.18. The zero-order valence-electron chi connectivity index (χ0n) is 11.7. The number of carbonyl (C=O) groups excluding carboxylic acids is 1. The maximum Gasteiger partial charge on any atom is 0.240 e. The van der Waals surface area contributed by atoms with Gasteiger partial charge in [0.1, 0.15) is 5.41 Å². The first-order valence-corrected chi connectivity index (χ1v) is 6.19. The first-order chi connectivity index (χ1) is 8.57. The largest absolute Gasteiger partial charge is 0.375 e. The quantitative estimate of drug-likeness (QED) is 0.610. The normalized spacial score (nSPS) is 14.7. The van der Waals surface area contributed by atoms with E-state index in [4.69, 9.17) is 0 Å². The smallest absolute Gasteiger partial charge is 0.240 e. The second-order valence-electron chi connectivity index (χ2n) is 4.84. The van der Waals surface area contributed by atoms with Crippen molar-refractivity contribution in [3.8, 4) is 11.8 Å². The van der Waals surface area contributed by atoms with E-state index in [1.165, 1.54) is 0 Å². The van der Waals surface area contributed by atoms with Crippen LogP contribution >= 0.6 is 0 Å². The standard InChI is InChI=1S/C15H17N2O.Y/c1-4-12-5-6-13(16-11-12)7-8-15(9-10-15)14(18)17(2)3;/h6,11H,4,9-10H2,1-3H3;/q-1;. The summed E-state index contributed by atoms with van der Waals surface area (Å²) in [5.41, 5.74) is 1.31. The molecule has 1 amide bonds. The Kier molecular flexibility index (Phi) is 5.70. The number of hydrogen-bond acceptors (Lipinski definition) is 2. The molecule has 1 fully saturated rings. The van der Waals surface area contributed by atoms with Crippen LogP contribution in [0.1, 0.15) is 31.0 Å². The molecular formula is C15H17N2OY-. The maximum atomic E-state index is 11.9. The van der Waals surface area contributed by atoms with Gasteiger partial charge in [-0.2, -0.15) is 6.07 Å². The summed E-state index contributed by atoms with van der Waals surface area (Å²) in [6, 6.07) is 4.93. The molecule has 0 aliphatic heterocycles. The molecule has 1 aliphatic carbocycles. The molecular weight excluding hydrogens is 313 g/mol. The monoisotopic (exact) mass is 330 g/mol. The van der Waals surface area contributed by atoms with Crippen molar-refractivity contribution < 1.29 is 37.5 Å². The van der Waals surface area contributed by atoms with Crippen molar-refractivity contribution in [2.45, 2.75) is 26.2 Å². The van der Waals surface area contributed by atoms with E-state index < -0.39 is 5.41 Å². The summed E-state index contributed by atoms with van der Waals surface area (Å²) in [7, 11) is 3.54. The number of carbonyl (C=O) groups is 1. The van der Waals surface area contributed by atoms with E-state index in [1.54, 1.807) is 31.3 Å². The Balaban J connectivity index is 0.00000180. The van der Waals surface area contributed by atoms with Gasteiger partial charge >= 0.3 is 0 Å². The van der Waals surface area contributed by atoms with Crippen LogP contribution in [0.4, 0.5) is 0 Å². The van der Waals surface area contributed by atoms with Crippen LogP contribution in [0.2, 0.25) is 0 Å². The average Bonchev–Trinajstić information content (AvgIpc) is 3.17. The molecule has 1 aromatic heterocycles. The minimum Gasteiger partial charge on any atom is -0.375 e. The summed E-state index contributed by atoms with van der Waals surface area (Å²) in [6.45, 7) is 2.06. The number of rotatable bonds is 2. The molecule has 1 saturated carbocycles. The van der Waals surface area contributed by atoms with Crippen LogP contribution in [0, 0.1) is 23.3 Å². The molecule has 0 spiro atoms. The fraction of sp³-hybridized carbons (Fsp3) is 0.467. The summed E-state index contributed by atoms with van der Waals surface area (Å²) in [5, 5.41) is 0. The summed E-state index contributed by atoms with van der Waals surface area (Å²) in [6.07, 6.45) is 4.42. The topological polar surface area (TPSA) is 33.2 Å². The number of amides is 1. The Morgan fingerprint density at radius 2 is 2.21 bits per heavy atom. The van der Waals surface area contributed by atoms with Gasteiger partial charge in [0.05, 0.1) is 0 Å². The van der Waals surface area contributed by atoms with Gasteiger partial charge in [-0.3, -0.25) is 4.79 Å². The molecule has 19 heavy (non-hydrogen) atoms. The van der Waals surface area contributed by atoms with Crippen LogP contribution in [0.25, 0.3) is 0 Å². The third-order valence-corrected chi connectivity index (χ3v) is 3.13. The SMILES string of the molecule is CCc1[c-]cc(C#CC2(C(=O)N(C)C)CC2)nc1.[Y]. The third-order valence-electron chi connectivity index (χ3n) is 3.13. The van der Waals surface area contributed by atoms with Gasteiger partial charge in [-0.25, -0.2) is 0 Å². The number of aromatic nitrogens is 1. The second-order valence-corrected chi connectivity index (χ2v) is 4.84. The second kappa shape index (κ2) is 6.63. The molecule has 4 heteroatoms. The molecule has 1 aliphatic rings. The van der Waals surface area contributed by atoms with Crippen molar-refractivity contribution >= 4 is 5.91 Å². The third kappa shape index (κ3) is 3.87. The predicted molar refractivity (Wildman–Crippen MR) is 69.7 cm³/mol. The van der Waals surface area contributed by atoms with Gasteiger partial charge in [0.2, 0.25) is 5.91 Å². The molecule has 0 N–H and O–H groups in total. The predicted octanol–water partition coefficient (Wildman–Crippen LogP) is 1.66. The Morgan fingerprint density at radius 3 is 2.63 bits per heavy atom. The zero-order chi connectivity index (χ0) is 13.2. The average molecular weight is 330 g/mol. The van der Waals surface area contributed by atoms with Gasteiger partial charge in [0, 0.05) is 46.8 Å². The molecule has 0 aromatic carbocycles. The van der Waals surface area contributed by atoms with E-state index in [2.05, 4.69) is 29.8 Å². The van der Waals surface area contributed by atoms with E-state index in [1.807, 2.05) is 0 Å². The van der Waals surface area contributed by atoms with Crippen LogP contribution in [0.5, 0.6) is 0 Å². The number of nitrogens with zero attached hydrogens (tertiary/aromatic N) is 2. The minimum absolute atomic E-state index is 0. The van der Waals surface area contributed by atoms with Crippen molar-refractivity contribution in [2.24, 2.45) is 5.41 Å². The van der Waals surface area contributed by atoms with Crippen molar-refractivity contribution in [3.63, 3.8) is 0 Å². The fourth-order valence-electron chi connectivity index (χ4n) is 1.77. The van der Waals surface area contributed by atoms with Crippen LogP contribution in [-0.4, -0.2) is 29.9 Å². The molecule has 0 saturated heterocycles. The molecule has 2 rings (SSSR count). The van der Waals surface area contributed by atoms with Crippen molar-refractivity contribution in [1.82, 2.24) is 9.88 Å². The van der Waals surface area contributed by atoms with E-state index >= 15 is 0 Å². The van der Waals surface area contributed by atoms with Gasteiger partial charge in [0.25, 0.3) is 0 Å². The van der Waals surface area contributed by atoms with E-state index in [9.17, 15) is 4.79 Å². The van der Waals surface area contributed by atoms with Crippen LogP contribution in [-0.2, 0) is 43.9 Å². The van der Waals surface area contributed by atoms with Crippen molar-refractivity contribution in [1.29, 1.82) is 0 Å². The van der Waals surface area contributed by atoms with Gasteiger partial charge in [-0.15, -0.1) is 17.6 Å². The van der Waals surface area contributed by atoms with Gasteiger partial charge in [-0.1, -0.05) is 25.5 Å². The number of hydrogen-bond donors (Lipinski definition) is 0. The molecule has 0 unspecified atom stereocenters. The van der Waals surface area contributed by atoms with E-state index in [0.29, 0.717) is 5.69 Å². The van der Waals surface area contributed by atoms with Crippen LogP contribution in [0.3, 0.4) is 0 Å². The number of pyridine rings is 1. The first-order valence-electron chi connectivity index (χ1n) is 6.19. The molecule has 97 valence electrons. The Bertz CT molecular complexity index is 507. The molecule has 1 radical (unpaired) electrons. The van der Waals surface area contributed by atoms with Gasteiger partial charge in [0.15, 0.2) is 0 Å². The van der Waals surface area contributed by atoms with Crippen LogP contribution < -0.4 is 0 Å². The fourth-order valence-corrected chi connectivity index (χ4v) is 1.77. The molecule has 3 nitrogen and oxygen atoms in total. The van der Waals surface area contributed by atoms with E-state index in [0.717, 1.165) is 24.8 Å². The molecule has 1 heterocycles. The zero-order valence-corrected chi connectivity index (χ0v) is 14.5. The Labute approximate surface area is 140 Å². The van der Waals surface area contributed by atoms with E-state index in [-0.39, 0.29) is 38.6 Å². The molecule has 0 bridgehead atoms. The summed E-state index contributed by atoms with van der Waals surface area (Å²) >= 11 is 0. The summed E-state index contributed by atoms with van der Waals surface area (Å²) < 4.78 is 0. The Morgan fingerprint density at radius 1 is 1.53 bits per heavy atom. The Hall–Kier alpha value is -0.716. The van der Waals surface area contributed by atoms with Crippen molar-refractivity contribution in [2.75, 3.05) is 14.1 Å². The molecule has 0 atom stereocenters. The first kappa shape index (κ1) is 16.3. The van der Waals surface area contributed by atoms with Gasteiger partial charge < -0.3 is 9.88 Å². The van der Waals surface area contributed by atoms with Crippen molar-refractivity contribution in [3.05, 3.63) is 29.6 Å². The minimum atomic E-state index is -0.450. The maximum absolute atomic E-state index is 11.9. The number of aryl methyl sites for hydroxylation is 1.